The number of anilines is 1. The van der Waals surface area contributed by atoms with Gasteiger partial charge in [0, 0.05) is 12.4 Å². The fourth-order valence-corrected chi connectivity index (χ4v) is 0.311. The van der Waals surface area contributed by atoms with Crippen molar-refractivity contribution in [1.29, 1.82) is 0 Å². The van der Waals surface area contributed by atoms with Gasteiger partial charge in [0.05, 0.1) is 0 Å². The Bertz CT molecular complexity index is 154. The first kappa shape index (κ1) is 7.55. The van der Waals surface area contributed by atoms with Gasteiger partial charge < -0.3 is 10.5 Å². The van der Waals surface area contributed by atoms with Crippen molar-refractivity contribution in [1.82, 2.24) is 9.97 Å². The first-order chi connectivity index (χ1) is 4.39. The minimum Gasteiger partial charge on any atom is -0.368 e. The average molecular weight is 125 g/mol. The van der Waals surface area contributed by atoms with Gasteiger partial charge in [0.15, 0.2) is 0 Å². The Morgan fingerprint density at radius 3 is 2.00 bits per heavy atom. The molecule has 0 fully saturated rings. The molecule has 0 unspecified atom stereocenters. The summed E-state index contributed by atoms with van der Waals surface area (Å²) in [7, 11) is 0. The van der Waals surface area contributed by atoms with Crippen LogP contribution in [-0.4, -0.2) is 16.8 Å². The van der Waals surface area contributed by atoms with Gasteiger partial charge in [-0.25, -0.2) is 9.97 Å². The van der Waals surface area contributed by atoms with E-state index in [1.165, 1.54) is 0 Å². The number of aromatic nitrogens is 2. The van der Waals surface area contributed by atoms with Crippen LogP contribution in [0, 0.1) is 0 Å². The lowest BCUT2D eigenvalue weighted by molar-refractivity contribution is -0.0979. The molecule has 0 aliphatic carbocycles. The first-order valence-corrected chi connectivity index (χ1v) is 2.21. The van der Waals surface area contributed by atoms with Crippen molar-refractivity contribution in [3.8, 4) is 0 Å². The summed E-state index contributed by atoms with van der Waals surface area (Å²) in [5, 5.41) is 0. The number of nitrogens with two attached hydrogens (primary N) is 1. The second-order valence-corrected chi connectivity index (χ2v) is 1.11. The highest BCUT2D eigenvalue weighted by atomic mass is 16.1. The van der Waals surface area contributed by atoms with Gasteiger partial charge in [0.1, 0.15) is 6.79 Å². The maximum absolute atomic E-state index is 8.00. The van der Waals surface area contributed by atoms with Crippen molar-refractivity contribution in [3.63, 3.8) is 0 Å². The van der Waals surface area contributed by atoms with E-state index in [0.717, 1.165) is 0 Å². The van der Waals surface area contributed by atoms with Crippen molar-refractivity contribution in [2.45, 2.75) is 0 Å². The Morgan fingerprint density at radius 2 is 1.78 bits per heavy atom. The smallest absolute Gasteiger partial charge is 0.219 e. The van der Waals surface area contributed by atoms with Crippen LogP contribution in [0.25, 0.3) is 0 Å². The molecule has 9 heavy (non-hydrogen) atoms. The zero-order valence-corrected chi connectivity index (χ0v) is 4.82. The van der Waals surface area contributed by atoms with Gasteiger partial charge in [0.2, 0.25) is 5.95 Å². The van der Waals surface area contributed by atoms with Crippen LogP contribution in [0.4, 0.5) is 5.95 Å². The fourth-order valence-electron chi connectivity index (χ4n) is 0.311. The summed E-state index contributed by atoms with van der Waals surface area (Å²) in [5.41, 5.74) is 5.14. The molecular formula is C5H7N3O. The van der Waals surface area contributed by atoms with E-state index in [1.807, 2.05) is 6.79 Å². The predicted octanol–water partition coefficient (Wildman–Crippen LogP) is -0.126. The summed E-state index contributed by atoms with van der Waals surface area (Å²) in [6.07, 6.45) is 3.20. The number of nitrogens with zero attached hydrogens (tertiary/aromatic N) is 2. The molecule has 0 aliphatic heterocycles. The molecule has 1 heterocycles. The fraction of sp³-hybridized carbons (Fsp3) is 0. The third-order valence-corrected chi connectivity index (χ3v) is 0.586. The van der Waals surface area contributed by atoms with Crippen molar-refractivity contribution in [3.05, 3.63) is 18.5 Å². The zero-order chi connectivity index (χ0) is 7.11. The van der Waals surface area contributed by atoms with E-state index in [-0.39, 0.29) is 0 Å². The van der Waals surface area contributed by atoms with Gasteiger partial charge >= 0.3 is 0 Å². The van der Waals surface area contributed by atoms with Crippen LogP contribution in [0.2, 0.25) is 0 Å². The van der Waals surface area contributed by atoms with Crippen LogP contribution in [0.1, 0.15) is 0 Å². The van der Waals surface area contributed by atoms with E-state index in [1.54, 1.807) is 18.5 Å². The second-order valence-electron chi connectivity index (χ2n) is 1.11. The highest BCUT2D eigenvalue weighted by Gasteiger charge is 1.75. The van der Waals surface area contributed by atoms with Gasteiger partial charge in [0.25, 0.3) is 0 Å². The SMILES string of the molecule is C=O.Nc1ncccn1. The minimum atomic E-state index is 0.322. The topological polar surface area (TPSA) is 68.9 Å². The van der Waals surface area contributed by atoms with Crippen molar-refractivity contribution in [2.75, 3.05) is 5.73 Å². The van der Waals surface area contributed by atoms with Gasteiger partial charge in [-0.1, -0.05) is 0 Å². The van der Waals surface area contributed by atoms with Crippen molar-refractivity contribution >= 4 is 12.7 Å². The van der Waals surface area contributed by atoms with Gasteiger partial charge in [-0.15, -0.1) is 0 Å². The number of nitrogen functional groups attached to an aromatic ring is 1. The minimum absolute atomic E-state index is 0.322. The summed E-state index contributed by atoms with van der Waals surface area (Å²) in [5.74, 6) is 0.322. The van der Waals surface area contributed by atoms with Crippen LogP contribution in [0.5, 0.6) is 0 Å². The number of hydrogen-bond acceptors (Lipinski definition) is 4. The molecule has 1 aromatic rings. The van der Waals surface area contributed by atoms with Crippen LogP contribution < -0.4 is 5.73 Å². The molecule has 0 saturated heterocycles. The molecule has 0 atom stereocenters. The predicted molar refractivity (Wildman–Crippen MR) is 33.6 cm³/mol. The van der Waals surface area contributed by atoms with E-state index >= 15 is 0 Å². The summed E-state index contributed by atoms with van der Waals surface area (Å²) < 4.78 is 0. The molecular weight excluding hydrogens is 118 g/mol. The number of hydrogen-bond donors (Lipinski definition) is 1. The summed E-state index contributed by atoms with van der Waals surface area (Å²) >= 11 is 0. The zero-order valence-electron chi connectivity index (χ0n) is 4.82. The highest BCUT2D eigenvalue weighted by Crippen LogP contribution is 1.81. The third-order valence-electron chi connectivity index (χ3n) is 0.586. The number of rotatable bonds is 0. The maximum Gasteiger partial charge on any atom is 0.219 e. The third kappa shape index (κ3) is 3.16. The standard InChI is InChI=1S/C4H5N3.CH2O/c5-4-6-2-1-3-7-4;1-2/h1-3H,(H2,5,6,7);1H2. The Kier molecular flexibility index (Phi) is 3.95. The second kappa shape index (κ2) is 4.70. The van der Waals surface area contributed by atoms with E-state index in [2.05, 4.69) is 9.97 Å². The molecule has 1 aromatic heterocycles. The van der Waals surface area contributed by atoms with E-state index < -0.39 is 0 Å². The number of carbonyl (C=O) groups is 1. The molecule has 2 N–H and O–H groups in total. The maximum atomic E-state index is 8.00. The van der Waals surface area contributed by atoms with E-state index in [9.17, 15) is 0 Å². The molecule has 0 aliphatic rings. The molecule has 4 heteroatoms. The highest BCUT2D eigenvalue weighted by molar-refractivity contribution is 5.11. The normalized spacial score (nSPS) is 7.11. The van der Waals surface area contributed by atoms with E-state index in [0.29, 0.717) is 5.95 Å². The first-order valence-electron chi connectivity index (χ1n) is 2.21. The van der Waals surface area contributed by atoms with Gasteiger partial charge in [-0.2, -0.15) is 0 Å². The molecule has 48 valence electrons. The molecule has 0 amide bonds. The molecule has 0 bridgehead atoms. The van der Waals surface area contributed by atoms with Crippen LogP contribution in [0.3, 0.4) is 0 Å². The Labute approximate surface area is 52.7 Å². The van der Waals surface area contributed by atoms with Crippen LogP contribution >= 0.6 is 0 Å². The lowest BCUT2D eigenvalue weighted by Gasteiger charge is -1.82. The summed E-state index contributed by atoms with van der Waals surface area (Å²) in [6.45, 7) is 2.00. The van der Waals surface area contributed by atoms with Crippen molar-refractivity contribution < 1.29 is 4.79 Å². The van der Waals surface area contributed by atoms with Crippen LogP contribution in [0.15, 0.2) is 18.5 Å². The monoisotopic (exact) mass is 125 g/mol. The molecule has 0 radical (unpaired) electrons. The molecule has 4 nitrogen and oxygen atoms in total. The Hall–Kier alpha value is -1.45. The lowest BCUT2D eigenvalue weighted by atomic mass is 10.7. The lowest BCUT2D eigenvalue weighted by Crippen LogP contribution is -1.90. The Morgan fingerprint density at radius 1 is 1.33 bits per heavy atom. The van der Waals surface area contributed by atoms with Crippen LogP contribution in [-0.2, 0) is 4.79 Å². The average Bonchev–Trinajstić information content (AvgIpc) is 1.94. The molecule has 1 rings (SSSR count). The Balaban J connectivity index is 0.000000291. The molecule has 0 spiro atoms. The molecule has 0 saturated carbocycles. The van der Waals surface area contributed by atoms with Crippen molar-refractivity contribution in [2.24, 2.45) is 0 Å². The van der Waals surface area contributed by atoms with Gasteiger partial charge in [-0.3, -0.25) is 0 Å². The van der Waals surface area contributed by atoms with E-state index in [4.69, 9.17) is 10.5 Å². The molecule has 0 aromatic carbocycles. The summed E-state index contributed by atoms with van der Waals surface area (Å²) in [4.78, 5) is 15.3. The largest absolute Gasteiger partial charge is 0.368 e. The quantitative estimate of drug-likeness (QED) is 0.524. The summed E-state index contributed by atoms with van der Waals surface area (Å²) in [6, 6.07) is 1.72. The van der Waals surface area contributed by atoms with Gasteiger partial charge in [-0.05, 0) is 6.07 Å². The number of carbonyl (C=O) groups excluding carboxylic acids is 1.